The number of fused-ring (bicyclic) bond motifs is 1. The van der Waals surface area contributed by atoms with Gasteiger partial charge in [0.15, 0.2) is 5.65 Å². The highest BCUT2D eigenvalue weighted by Gasteiger charge is 1.90. The molecule has 1 N–H and O–H groups in total. The number of rotatable bonds is 0. The van der Waals surface area contributed by atoms with Gasteiger partial charge in [-0.05, 0) is 18.2 Å². The van der Waals surface area contributed by atoms with Crippen LogP contribution in [0.5, 0.6) is 0 Å². The molecule has 0 amide bonds. The molecule has 0 saturated heterocycles. The van der Waals surface area contributed by atoms with Crippen molar-refractivity contribution in [2.45, 2.75) is 0 Å². The standard InChI is InChI=1S/C6H5N3.C4H4N2/c1-2-5-6(7-3-1)9-4-8-5;1-2-5-4-6-3-1/h1-4H,(H,7,8,9);1-4H. The van der Waals surface area contributed by atoms with E-state index >= 15 is 0 Å². The van der Waals surface area contributed by atoms with Crippen LogP contribution in [0, 0.1) is 0 Å². The molecule has 0 saturated carbocycles. The van der Waals surface area contributed by atoms with Gasteiger partial charge in [0.1, 0.15) is 6.33 Å². The lowest BCUT2D eigenvalue weighted by molar-refractivity contribution is 1.17. The summed E-state index contributed by atoms with van der Waals surface area (Å²) in [5, 5.41) is 0. The molecule has 5 nitrogen and oxygen atoms in total. The summed E-state index contributed by atoms with van der Waals surface area (Å²) >= 11 is 0. The van der Waals surface area contributed by atoms with Crippen LogP contribution in [-0.4, -0.2) is 24.9 Å². The minimum absolute atomic E-state index is 0.775. The average Bonchev–Trinajstić information content (AvgIpc) is 2.80. The zero-order valence-electron chi connectivity index (χ0n) is 7.91. The van der Waals surface area contributed by atoms with E-state index in [2.05, 4.69) is 24.9 Å². The topological polar surface area (TPSA) is 67.3 Å². The molecule has 3 aromatic heterocycles. The minimum atomic E-state index is 0.775. The van der Waals surface area contributed by atoms with Crippen molar-refractivity contribution >= 4 is 11.2 Å². The Morgan fingerprint density at radius 2 is 1.80 bits per heavy atom. The number of imidazole rings is 1. The van der Waals surface area contributed by atoms with Crippen LogP contribution < -0.4 is 0 Å². The molecular formula is C10H9N5. The summed E-state index contributed by atoms with van der Waals surface area (Å²) < 4.78 is 0. The van der Waals surface area contributed by atoms with Crippen LogP contribution in [0.4, 0.5) is 0 Å². The van der Waals surface area contributed by atoms with Crippen LogP contribution >= 0.6 is 0 Å². The summed E-state index contributed by atoms with van der Waals surface area (Å²) in [6.07, 6.45) is 8.24. The predicted molar refractivity (Wildman–Crippen MR) is 55.9 cm³/mol. The van der Waals surface area contributed by atoms with Crippen molar-refractivity contribution in [2.24, 2.45) is 0 Å². The van der Waals surface area contributed by atoms with E-state index in [1.165, 1.54) is 6.33 Å². The first-order chi connectivity index (χ1) is 7.47. The van der Waals surface area contributed by atoms with E-state index in [0.29, 0.717) is 0 Å². The number of aromatic amines is 1. The number of pyridine rings is 1. The second-order valence-corrected chi connectivity index (χ2v) is 2.68. The number of nitrogens with one attached hydrogen (secondary N) is 1. The van der Waals surface area contributed by atoms with Crippen molar-refractivity contribution in [3.05, 3.63) is 49.4 Å². The third-order valence-electron chi connectivity index (χ3n) is 1.67. The Morgan fingerprint density at radius 3 is 2.40 bits per heavy atom. The molecular weight excluding hydrogens is 190 g/mol. The Hall–Kier alpha value is -2.30. The van der Waals surface area contributed by atoms with Gasteiger partial charge in [0.25, 0.3) is 0 Å². The number of hydrogen-bond acceptors (Lipinski definition) is 4. The van der Waals surface area contributed by atoms with Gasteiger partial charge in [-0.1, -0.05) is 0 Å². The number of H-pyrrole nitrogens is 1. The van der Waals surface area contributed by atoms with Gasteiger partial charge in [-0.3, -0.25) is 0 Å². The molecule has 74 valence electrons. The van der Waals surface area contributed by atoms with Gasteiger partial charge in [0.05, 0.1) is 11.8 Å². The monoisotopic (exact) mass is 199 g/mol. The zero-order valence-corrected chi connectivity index (χ0v) is 7.91. The first kappa shape index (κ1) is 9.26. The van der Waals surface area contributed by atoms with Crippen LogP contribution in [0.1, 0.15) is 0 Å². The molecule has 3 aromatic rings. The van der Waals surface area contributed by atoms with Gasteiger partial charge < -0.3 is 4.98 Å². The highest BCUT2D eigenvalue weighted by molar-refractivity contribution is 5.68. The quantitative estimate of drug-likeness (QED) is 0.594. The van der Waals surface area contributed by atoms with E-state index in [0.717, 1.165) is 11.2 Å². The Bertz CT molecular complexity index is 448. The van der Waals surface area contributed by atoms with Crippen molar-refractivity contribution in [1.82, 2.24) is 24.9 Å². The van der Waals surface area contributed by atoms with Crippen LogP contribution in [-0.2, 0) is 0 Å². The fourth-order valence-electron chi connectivity index (χ4n) is 1.03. The Morgan fingerprint density at radius 1 is 0.933 bits per heavy atom. The smallest absolute Gasteiger partial charge is 0.177 e. The molecule has 0 aliphatic heterocycles. The normalized spacial score (nSPS) is 9.33. The molecule has 0 unspecified atom stereocenters. The summed E-state index contributed by atoms with van der Waals surface area (Å²) in [7, 11) is 0. The van der Waals surface area contributed by atoms with Gasteiger partial charge in [0, 0.05) is 18.6 Å². The van der Waals surface area contributed by atoms with Crippen molar-refractivity contribution in [2.75, 3.05) is 0 Å². The zero-order chi connectivity index (χ0) is 10.3. The van der Waals surface area contributed by atoms with Crippen LogP contribution in [0.3, 0.4) is 0 Å². The average molecular weight is 199 g/mol. The molecule has 0 spiro atoms. The van der Waals surface area contributed by atoms with E-state index in [1.54, 1.807) is 31.0 Å². The molecule has 15 heavy (non-hydrogen) atoms. The second kappa shape index (κ2) is 4.80. The lowest BCUT2D eigenvalue weighted by atomic mass is 10.4. The fraction of sp³-hybridized carbons (Fsp3) is 0. The van der Waals surface area contributed by atoms with Gasteiger partial charge in [0.2, 0.25) is 0 Å². The number of hydrogen-bond donors (Lipinski definition) is 1. The lowest BCUT2D eigenvalue weighted by Crippen LogP contribution is -1.71. The first-order valence-corrected chi connectivity index (χ1v) is 4.41. The fourth-order valence-corrected chi connectivity index (χ4v) is 1.03. The summed E-state index contributed by atoms with van der Waals surface area (Å²) in [6, 6.07) is 5.59. The van der Waals surface area contributed by atoms with Gasteiger partial charge >= 0.3 is 0 Å². The molecule has 0 radical (unpaired) electrons. The van der Waals surface area contributed by atoms with Crippen molar-refractivity contribution in [1.29, 1.82) is 0 Å². The third-order valence-corrected chi connectivity index (χ3v) is 1.67. The van der Waals surface area contributed by atoms with Crippen molar-refractivity contribution in [3.8, 4) is 0 Å². The maximum absolute atomic E-state index is 4.00. The Balaban J connectivity index is 0.000000124. The Kier molecular flexibility index (Phi) is 2.97. The molecule has 0 atom stereocenters. The molecule has 3 rings (SSSR count). The summed E-state index contributed by atoms with van der Waals surface area (Å²) in [6.45, 7) is 0. The maximum Gasteiger partial charge on any atom is 0.177 e. The van der Waals surface area contributed by atoms with E-state index in [1.807, 2.05) is 12.1 Å². The van der Waals surface area contributed by atoms with Gasteiger partial charge in [-0.15, -0.1) is 0 Å². The molecule has 5 heteroatoms. The number of nitrogens with zero attached hydrogens (tertiary/aromatic N) is 4. The summed E-state index contributed by atoms with van der Waals surface area (Å²) in [5.74, 6) is 0. The maximum atomic E-state index is 4.00. The highest BCUT2D eigenvalue weighted by atomic mass is 14.9. The highest BCUT2D eigenvalue weighted by Crippen LogP contribution is 2.01. The molecule has 0 fully saturated rings. The minimum Gasteiger partial charge on any atom is -0.343 e. The van der Waals surface area contributed by atoms with Crippen molar-refractivity contribution in [3.63, 3.8) is 0 Å². The van der Waals surface area contributed by atoms with E-state index in [4.69, 9.17) is 0 Å². The lowest BCUT2D eigenvalue weighted by Gasteiger charge is -1.80. The largest absolute Gasteiger partial charge is 0.343 e. The molecule has 0 aliphatic carbocycles. The molecule has 0 aliphatic rings. The molecule has 0 aromatic carbocycles. The van der Waals surface area contributed by atoms with E-state index in [9.17, 15) is 0 Å². The van der Waals surface area contributed by atoms with Crippen LogP contribution in [0.25, 0.3) is 11.2 Å². The van der Waals surface area contributed by atoms with Crippen LogP contribution in [0.15, 0.2) is 49.4 Å². The summed E-state index contributed by atoms with van der Waals surface area (Å²) in [5.41, 5.74) is 1.76. The SMILES string of the molecule is c1cnc2nc[nH]c2c1.c1cncnc1. The third kappa shape index (κ3) is 2.57. The predicted octanol–water partition coefficient (Wildman–Crippen LogP) is 1.43. The molecule has 0 bridgehead atoms. The van der Waals surface area contributed by atoms with Crippen LogP contribution in [0.2, 0.25) is 0 Å². The van der Waals surface area contributed by atoms with Crippen molar-refractivity contribution < 1.29 is 0 Å². The second-order valence-electron chi connectivity index (χ2n) is 2.68. The van der Waals surface area contributed by atoms with Gasteiger partial charge in [-0.25, -0.2) is 19.9 Å². The number of aromatic nitrogens is 5. The van der Waals surface area contributed by atoms with E-state index in [-0.39, 0.29) is 0 Å². The summed E-state index contributed by atoms with van der Waals surface area (Å²) in [4.78, 5) is 18.2. The van der Waals surface area contributed by atoms with E-state index < -0.39 is 0 Å². The Labute approximate surface area is 86.3 Å². The molecule has 3 heterocycles. The van der Waals surface area contributed by atoms with Gasteiger partial charge in [-0.2, -0.15) is 0 Å². The first-order valence-electron chi connectivity index (χ1n) is 4.41.